The molecule has 1 aliphatic heterocycles. The molecule has 0 spiro atoms. The summed E-state index contributed by atoms with van der Waals surface area (Å²) in [7, 11) is 0. The predicted molar refractivity (Wildman–Crippen MR) is 84.5 cm³/mol. The van der Waals surface area contributed by atoms with Crippen molar-refractivity contribution in [2.75, 3.05) is 30.5 Å². The number of aryl methyl sites for hydroxylation is 1. The van der Waals surface area contributed by atoms with Crippen LogP contribution in [0.1, 0.15) is 12.7 Å². The summed E-state index contributed by atoms with van der Waals surface area (Å²) >= 11 is 2.74. The van der Waals surface area contributed by atoms with Crippen LogP contribution >= 0.6 is 23.5 Å². The smallest absolute Gasteiger partial charge is 0.333 e. The molecule has 0 aromatic carbocycles. The van der Waals surface area contributed by atoms with Gasteiger partial charge in [-0.05, 0) is 13.8 Å². The summed E-state index contributed by atoms with van der Waals surface area (Å²) in [5, 5.41) is 9.02. The molecule has 0 bridgehead atoms. The van der Waals surface area contributed by atoms with Crippen LogP contribution in [-0.4, -0.2) is 56.3 Å². The van der Waals surface area contributed by atoms with Crippen LogP contribution in [0.5, 0.6) is 0 Å². The van der Waals surface area contributed by atoms with E-state index < -0.39 is 5.97 Å². The first-order valence-corrected chi connectivity index (χ1v) is 8.61. The molecule has 10 heteroatoms. The van der Waals surface area contributed by atoms with Crippen LogP contribution in [0.3, 0.4) is 0 Å². The van der Waals surface area contributed by atoms with E-state index in [1.165, 1.54) is 34.3 Å². The molecule has 0 unspecified atom stereocenters. The zero-order valence-electron chi connectivity index (χ0n) is 12.3. The molecular formula is C12H17N5O3S2. The Kier molecular flexibility index (Phi) is 5.72. The van der Waals surface area contributed by atoms with Gasteiger partial charge in [0.05, 0.1) is 23.5 Å². The average molecular weight is 343 g/mol. The Hall–Kier alpha value is -1.68. The van der Waals surface area contributed by atoms with Gasteiger partial charge in [0.1, 0.15) is 5.82 Å². The number of amides is 1. The number of nitrogens with two attached hydrogens (primary N) is 1. The van der Waals surface area contributed by atoms with Crippen molar-refractivity contribution in [2.24, 2.45) is 0 Å². The van der Waals surface area contributed by atoms with Gasteiger partial charge in [0.25, 0.3) is 0 Å². The van der Waals surface area contributed by atoms with E-state index in [1.807, 2.05) is 0 Å². The molecule has 1 aliphatic rings. The van der Waals surface area contributed by atoms with E-state index in [0.29, 0.717) is 40.7 Å². The highest BCUT2D eigenvalue weighted by atomic mass is 32.2. The van der Waals surface area contributed by atoms with Gasteiger partial charge in [0.2, 0.25) is 11.1 Å². The molecule has 1 fully saturated rings. The molecule has 8 nitrogen and oxygen atoms in total. The van der Waals surface area contributed by atoms with Gasteiger partial charge in [-0.3, -0.25) is 4.79 Å². The van der Waals surface area contributed by atoms with Gasteiger partial charge in [-0.2, -0.15) is 0 Å². The normalized spacial score (nSPS) is 16.5. The maximum atomic E-state index is 11.9. The Morgan fingerprint density at radius 2 is 2.32 bits per heavy atom. The van der Waals surface area contributed by atoms with E-state index in [9.17, 15) is 9.59 Å². The molecule has 2 rings (SSSR count). The molecular weight excluding hydrogens is 326 g/mol. The summed E-state index contributed by atoms with van der Waals surface area (Å²) in [6.07, 6.45) is 1.36. The zero-order chi connectivity index (χ0) is 16.1. The van der Waals surface area contributed by atoms with Crippen LogP contribution in [0.15, 0.2) is 16.3 Å². The summed E-state index contributed by atoms with van der Waals surface area (Å²) in [6.45, 7) is 4.27. The minimum atomic E-state index is -0.435. The number of ether oxygens (including phenoxy) is 1. The van der Waals surface area contributed by atoms with E-state index in [0.717, 1.165) is 0 Å². The van der Waals surface area contributed by atoms with E-state index in [2.05, 4.69) is 10.2 Å². The predicted octanol–water partition coefficient (Wildman–Crippen LogP) is 0.372. The van der Waals surface area contributed by atoms with Crippen molar-refractivity contribution >= 4 is 35.4 Å². The Morgan fingerprint density at radius 1 is 1.55 bits per heavy atom. The third-order valence-corrected chi connectivity index (χ3v) is 4.77. The maximum Gasteiger partial charge on any atom is 0.333 e. The monoisotopic (exact) mass is 343 g/mol. The van der Waals surface area contributed by atoms with E-state index in [4.69, 9.17) is 10.6 Å². The van der Waals surface area contributed by atoms with Crippen LogP contribution in [-0.2, 0) is 14.3 Å². The van der Waals surface area contributed by atoms with Gasteiger partial charge >= 0.3 is 5.97 Å². The minimum absolute atomic E-state index is 0.0217. The second-order valence-corrected chi connectivity index (χ2v) is 6.37. The summed E-state index contributed by atoms with van der Waals surface area (Å²) in [4.78, 5) is 25.0. The average Bonchev–Trinajstić information content (AvgIpc) is 2.97. The van der Waals surface area contributed by atoms with E-state index >= 15 is 0 Å². The molecule has 0 radical (unpaired) electrons. The highest BCUT2D eigenvalue weighted by Gasteiger charge is 2.27. The summed E-state index contributed by atoms with van der Waals surface area (Å²) < 4.78 is 6.27. The third kappa shape index (κ3) is 3.95. The molecule has 0 aliphatic carbocycles. The standard InChI is InChI=1S/C12H17N5O3S2/c1-3-20-11(19)6-10-16(9(18)7-22-10)4-5-21-12-15-14-8(2)17(12)13/h6H,3-5,7,13H2,1-2H3/b10-6-. The number of carbonyl (C=O) groups is 2. The fourth-order valence-corrected chi connectivity index (χ4v) is 3.51. The van der Waals surface area contributed by atoms with Gasteiger partial charge < -0.3 is 15.5 Å². The molecule has 22 heavy (non-hydrogen) atoms. The molecule has 0 atom stereocenters. The van der Waals surface area contributed by atoms with Gasteiger partial charge in [-0.15, -0.1) is 10.2 Å². The number of nitrogen functional groups attached to an aromatic ring is 1. The number of hydrogen-bond acceptors (Lipinski definition) is 8. The molecule has 1 saturated heterocycles. The van der Waals surface area contributed by atoms with Crippen LogP contribution < -0.4 is 5.84 Å². The Bertz CT molecular complexity index is 602. The lowest BCUT2D eigenvalue weighted by atomic mass is 10.5. The molecule has 1 aromatic rings. The number of hydrogen-bond donors (Lipinski definition) is 1. The zero-order valence-corrected chi connectivity index (χ0v) is 13.9. The van der Waals surface area contributed by atoms with Gasteiger partial charge in [-0.25, -0.2) is 9.47 Å². The molecule has 0 saturated carbocycles. The lowest BCUT2D eigenvalue weighted by Gasteiger charge is -2.16. The number of aromatic nitrogens is 3. The molecule has 2 N–H and O–H groups in total. The fraction of sp³-hybridized carbons (Fsp3) is 0.500. The number of esters is 1. The van der Waals surface area contributed by atoms with Gasteiger partial charge in [0, 0.05) is 12.3 Å². The topological polar surface area (TPSA) is 103 Å². The van der Waals surface area contributed by atoms with Crippen LogP contribution in [0.4, 0.5) is 0 Å². The second-order valence-electron chi connectivity index (χ2n) is 4.32. The first kappa shape index (κ1) is 16.7. The molecule has 1 amide bonds. The number of carbonyl (C=O) groups excluding carboxylic acids is 2. The number of nitrogens with zero attached hydrogens (tertiary/aromatic N) is 4. The maximum absolute atomic E-state index is 11.9. The summed E-state index contributed by atoms with van der Waals surface area (Å²) in [5.41, 5.74) is 0. The number of thioether (sulfide) groups is 2. The van der Waals surface area contributed by atoms with Crippen molar-refractivity contribution in [3.63, 3.8) is 0 Å². The van der Waals surface area contributed by atoms with Crippen molar-refractivity contribution in [3.8, 4) is 0 Å². The molecule has 2 heterocycles. The summed E-state index contributed by atoms with van der Waals surface area (Å²) in [5.74, 6) is 6.86. The molecule has 1 aromatic heterocycles. The minimum Gasteiger partial charge on any atom is -0.463 e. The van der Waals surface area contributed by atoms with Crippen molar-refractivity contribution in [1.82, 2.24) is 19.8 Å². The van der Waals surface area contributed by atoms with E-state index in [1.54, 1.807) is 18.7 Å². The molecule has 120 valence electrons. The first-order valence-electron chi connectivity index (χ1n) is 6.64. The Morgan fingerprint density at radius 3 is 2.95 bits per heavy atom. The van der Waals surface area contributed by atoms with Gasteiger partial charge in [0.15, 0.2) is 0 Å². The highest BCUT2D eigenvalue weighted by molar-refractivity contribution is 8.04. The van der Waals surface area contributed by atoms with Crippen molar-refractivity contribution < 1.29 is 14.3 Å². The van der Waals surface area contributed by atoms with Gasteiger partial charge in [-0.1, -0.05) is 23.5 Å². The number of rotatable bonds is 6. The van der Waals surface area contributed by atoms with Crippen LogP contribution in [0.25, 0.3) is 0 Å². The lowest BCUT2D eigenvalue weighted by molar-refractivity contribution is -0.137. The second kappa shape index (κ2) is 7.54. The van der Waals surface area contributed by atoms with Crippen molar-refractivity contribution in [3.05, 3.63) is 16.9 Å². The summed E-state index contributed by atoms with van der Waals surface area (Å²) in [6, 6.07) is 0. The van der Waals surface area contributed by atoms with Crippen molar-refractivity contribution in [2.45, 2.75) is 19.0 Å². The third-order valence-electron chi connectivity index (χ3n) is 2.82. The lowest BCUT2D eigenvalue weighted by Crippen LogP contribution is -2.27. The van der Waals surface area contributed by atoms with Crippen LogP contribution in [0, 0.1) is 6.92 Å². The SMILES string of the molecule is CCOC(=O)/C=C1\SCC(=O)N1CCSc1nnc(C)n1N. The van der Waals surface area contributed by atoms with Crippen molar-refractivity contribution in [1.29, 1.82) is 0 Å². The van der Waals surface area contributed by atoms with Crippen LogP contribution in [0.2, 0.25) is 0 Å². The fourth-order valence-electron chi connectivity index (χ4n) is 1.73. The first-order chi connectivity index (χ1) is 10.5. The quantitative estimate of drug-likeness (QED) is 0.342. The Balaban J connectivity index is 1.93. The van der Waals surface area contributed by atoms with E-state index in [-0.39, 0.29) is 5.91 Å². The largest absolute Gasteiger partial charge is 0.463 e. The highest BCUT2D eigenvalue weighted by Crippen LogP contribution is 2.29. The Labute approximate surface area is 136 Å².